The molecular weight excluding hydrogens is 368 g/mol. The zero-order chi connectivity index (χ0) is 19.2. The summed E-state index contributed by atoms with van der Waals surface area (Å²) in [5.41, 5.74) is 3.54. The number of aromatic nitrogens is 3. The van der Waals surface area contributed by atoms with E-state index in [9.17, 15) is 0 Å². The molecule has 1 saturated heterocycles. The molecular formula is C22H24N4OS. The third-order valence-corrected chi connectivity index (χ3v) is 5.50. The molecule has 0 atom stereocenters. The van der Waals surface area contributed by atoms with Crippen LogP contribution in [0.4, 0.5) is 5.95 Å². The molecule has 0 radical (unpaired) electrons. The predicted molar refractivity (Wildman–Crippen MR) is 115 cm³/mol. The van der Waals surface area contributed by atoms with Gasteiger partial charge in [-0.1, -0.05) is 71.9 Å². The van der Waals surface area contributed by atoms with Crippen molar-refractivity contribution >= 4 is 23.8 Å². The minimum absolute atomic E-state index is 0.725. The second kappa shape index (κ2) is 9.08. The van der Waals surface area contributed by atoms with E-state index in [1.807, 2.05) is 6.07 Å². The summed E-state index contributed by atoms with van der Waals surface area (Å²) in [4.78, 5) is 2.25. The van der Waals surface area contributed by atoms with Crippen molar-refractivity contribution in [2.45, 2.75) is 12.1 Å². The Bertz CT molecular complexity index is 915. The van der Waals surface area contributed by atoms with E-state index in [2.05, 4.69) is 87.3 Å². The van der Waals surface area contributed by atoms with E-state index in [0.717, 1.165) is 48.8 Å². The van der Waals surface area contributed by atoms with E-state index in [-0.39, 0.29) is 0 Å². The van der Waals surface area contributed by atoms with Crippen LogP contribution in [0.25, 0.3) is 11.8 Å². The van der Waals surface area contributed by atoms with Gasteiger partial charge in [-0.05, 0) is 24.6 Å². The second-order valence-electron chi connectivity index (χ2n) is 6.68. The lowest BCUT2D eigenvalue weighted by Gasteiger charge is -2.27. The van der Waals surface area contributed by atoms with Gasteiger partial charge in [-0.3, -0.25) is 4.57 Å². The first kappa shape index (κ1) is 18.8. The minimum atomic E-state index is 0.725. The van der Waals surface area contributed by atoms with Gasteiger partial charge in [-0.15, -0.1) is 10.2 Å². The van der Waals surface area contributed by atoms with Crippen molar-refractivity contribution in [3.05, 3.63) is 71.8 Å². The third kappa shape index (κ3) is 4.46. The zero-order valence-electron chi connectivity index (χ0n) is 16.0. The van der Waals surface area contributed by atoms with Gasteiger partial charge in [-0.2, -0.15) is 0 Å². The maximum Gasteiger partial charge on any atom is 0.232 e. The minimum Gasteiger partial charge on any atom is -0.378 e. The zero-order valence-corrected chi connectivity index (χ0v) is 16.8. The number of nitrogens with zero attached hydrogens (tertiary/aromatic N) is 4. The van der Waals surface area contributed by atoms with Gasteiger partial charge in [0.1, 0.15) is 0 Å². The molecule has 0 amide bonds. The lowest BCUT2D eigenvalue weighted by molar-refractivity contribution is 0.122. The SMILES string of the molecule is Cc1ccc(-n2c(SC/C=C/c3ccccc3)nnc2N2CCOCC2)cc1. The van der Waals surface area contributed by atoms with Crippen molar-refractivity contribution in [1.82, 2.24) is 14.8 Å². The molecule has 1 fully saturated rings. The van der Waals surface area contributed by atoms with Gasteiger partial charge in [0, 0.05) is 18.8 Å². The topological polar surface area (TPSA) is 43.2 Å². The Morgan fingerprint density at radius 2 is 1.75 bits per heavy atom. The Hall–Kier alpha value is -2.57. The molecule has 2 heterocycles. The second-order valence-corrected chi connectivity index (χ2v) is 7.66. The van der Waals surface area contributed by atoms with Crippen LogP contribution in [-0.4, -0.2) is 46.8 Å². The molecule has 1 aromatic heterocycles. The first-order chi connectivity index (χ1) is 13.8. The van der Waals surface area contributed by atoms with Crippen LogP contribution in [0.3, 0.4) is 0 Å². The monoisotopic (exact) mass is 392 g/mol. The average molecular weight is 393 g/mol. The number of rotatable bonds is 6. The van der Waals surface area contributed by atoms with E-state index >= 15 is 0 Å². The molecule has 0 aliphatic carbocycles. The Balaban J connectivity index is 1.56. The molecule has 1 aliphatic heterocycles. The fourth-order valence-electron chi connectivity index (χ4n) is 3.11. The maximum absolute atomic E-state index is 5.50. The predicted octanol–water partition coefficient (Wildman–Crippen LogP) is 4.22. The standard InChI is InChI=1S/C22H24N4OS/c1-18-9-11-20(12-10-18)26-21(25-13-15-27-16-14-25)23-24-22(26)28-17-5-8-19-6-3-2-4-7-19/h2-12H,13-17H2,1H3/b8-5+. The molecule has 0 saturated carbocycles. The Morgan fingerprint density at radius 1 is 1.00 bits per heavy atom. The molecule has 5 nitrogen and oxygen atoms in total. The molecule has 0 unspecified atom stereocenters. The summed E-state index contributed by atoms with van der Waals surface area (Å²) < 4.78 is 7.66. The van der Waals surface area contributed by atoms with Gasteiger partial charge in [0.2, 0.25) is 5.95 Å². The maximum atomic E-state index is 5.50. The highest BCUT2D eigenvalue weighted by Gasteiger charge is 2.21. The van der Waals surface area contributed by atoms with Crippen LogP contribution < -0.4 is 4.90 Å². The normalized spacial score (nSPS) is 14.7. The van der Waals surface area contributed by atoms with E-state index in [4.69, 9.17) is 4.74 Å². The summed E-state index contributed by atoms with van der Waals surface area (Å²) in [6.45, 7) is 5.22. The number of hydrogen-bond donors (Lipinski definition) is 0. The van der Waals surface area contributed by atoms with Crippen LogP contribution in [0.2, 0.25) is 0 Å². The molecule has 6 heteroatoms. The average Bonchev–Trinajstić information content (AvgIpc) is 3.17. The quantitative estimate of drug-likeness (QED) is 0.588. The summed E-state index contributed by atoms with van der Waals surface area (Å²) >= 11 is 1.69. The van der Waals surface area contributed by atoms with Crippen molar-refractivity contribution in [3.63, 3.8) is 0 Å². The Morgan fingerprint density at radius 3 is 2.50 bits per heavy atom. The lowest BCUT2D eigenvalue weighted by Crippen LogP contribution is -2.37. The third-order valence-electron chi connectivity index (χ3n) is 4.62. The lowest BCUT2D eigenvalue weighted by atomic mass is 10.2. The van der Waals surface area contributed by atoms with Gasteiger partial charge in [0.15, 0.2) is 5.16 Å². The van der Waals surface area contributed by atoms with Crippen molar-refractivity contribution in [1.29, 1.82) is 0 Å². The first-order valence-corrected chi connectivity index (χ1v) is 10.5. The fourth-order valence-corrected chi connectivity index (χ4v) is 3.87. The van der Waals surface area contributed by atoms with Gasteiger partial charge < -0.3 is 9.64 Å². The Kier molecular flexibility index (Phi) is 6.09. The number of aryl methyl sites for hydroxylation is 1. The number of ether oxygens (including phenoxy) is 1. The Labute approximate surface area is 170 Å². The number of benzene rings is 2. The van der Waals surface area contributed by atoms with Crippen LogP contribution in [-0.2, 0) is 4.74 Å². The molecule has 0 N–H and O–H groups in total. The summed E-state index contributed by atoms with van der Waals surface area (Å²) in [5.74, 6) is 1.73. The van der Waals surface area contributed by atoms with Crippen LogP contribution in [0.15, 0.2) is 65.8 Å². The van der Waals surface area contributed by atoms with Crippen LogP contribution in [0.1, 0.15) is 11.1 Å². The van der Waals surface area contributed by atoms with Crippen molar-refractivity contribution in [2.75, 3.05) is 37.0 Å². The molecule has 2 aromatic carbocycles. The van der Waals surface area contributed by atoms with Gasteiger partial charge in [0.05, 0.1) is 18.9 Å². The molecule has 28 heavy (non-hydrogen) atoms. The van der Waals surface area contributed by atoms with Gasteiger partial charge >= 0.3 is 0 Å². The molecule has 3 aromatic rings. The summed E-state index contributed by atoms with van der Waals surface area (Å²) in [6, 6.07) is 18.9. The van der Waals surface area contributed by atoms with E-state index in [1.165, 1.54) is 11.1 Å². The summed E-state index contributed by atoms with van der Waals surface area (Å²) in [5, 5.41) is 9.91. The van der Waals surface area contributed by atoms with Crippen LogP contribution >= 0.6 is 11.8 Å². The molecule has 1 aliphatic rings. The highest BCUT2D eigenvalue weighted by molar-refractivity contribution is 7.99. The van der Waals surface area contributed by atoms with E-state index in [0.29, 0.717) is 0 Å². The van der Waals surface area contributed by atoms with Gasteiger partial charge in [-0.25, -0.2) is 0 Å². The smallest absolute Gasteiger partial charge is 0.232 e. The van der Waals surface area contributed by atoms with E-state index < -0.39 is 0 Å². The molecule has 4 rings (SSSR count). The summed E-state index contributed by atoms with van der Waals surface area (Å²) in [7, 11) is 0. The van der Waals surface area contributed by atoms with Crippen molar-refractivity contribution in [3.8, 4) is 5.69 Å². The van der Waals surface area contributed by atoms with E-state index in [1.54, 1.807) is 11.8 Å². The number of anilines is 1. The number of thioether (sulfide) groups is 1. The van der Waals surface area contributed by atoms with Crippen LogP contribution in [0, 0.1) is 6.92 Å². The number of morpholine rings is 1. The summed E-state index contributed by atoms with van der Waals surface area (Å²) in [6.07, 6.45) is 4.31. The molecule has 0 bridgehead atoms. The van der Waals surface area contributed by atoms with Crippen LogP contribution in [0.5, 0.6) is 0 Å². The first-order valence-electron chi connectivity index (χ1n) is 9.51. The number of hydrogen-bond acceptors (Lipinski definition) is 5. The largest absolute Gasteiger partial charge is 0.378 e. The fraction of sp³-hybridized carbons (Fsp3) is 0.273. The molecule has 0 spiro atoms. The highest BCUT2D eigenvalue weighted by atomic mass is 32.2. The highest BCUT2D eigenvalue weighted by Crippen LogP contribution is 2.27. The van der Waals surface area contributed by atoms with Gasteiger partial charge in [0.25, 0.3) is 0 Å². The van der Waals surface area contributed by atoms with Crippen molar-refractivity contribution in [2.24, 2.45) is 0 Å². The molecule has 144 valence electrons. The van der Waals surface area contributed by atoms with Crippen molar-refractivity contribution < 1.29 is 4.74 Å².